The van der Waals surface area contributed by atoms with Crippen molar-refractivity contribution in [2.24, 2.45) is 0 Å². The van der Waals surface area contributed by atoms with Gasteiger partial charge in [-0.15, -0.1) is 11.6 Å². The van der Waals surface area contributed by atoms with E-state index in [0.717, 1.165) is 11.3 Å². The summed E-state index contributed by atoms with van der Waals surface area (Å²) in [6, 6.07) is 3.16. The first kappa shape index (κ1) is 14.6. The van der Waals surface area contributed by atoms with Crippen LogP contribution in [-0.4, -0.2) is 40.5 Å². The summed E-state index contributed by atoms with van der Waals surface area (Å²) in [5.74, 6) is 1.55. The minimum Gasteiger partial charge on any atom is -0.481 e. The van der Waals surface area contributed by atoms with E-state index < -0.39 is 6.04 Å². The lowest BCUT2D eigenvalue weighted by Gasteiger charge is -2.15. The van der Waals surface area contributed by atoms with Gasteiger partial charge in [0.1, 0.15) is 17.4 Å². The summed E-state index contributed by atoms with van der Waals surface area (Å²) in [5, 5.41) is 2.64. The summed E-state index contributed by atoms with van der Waals surface area (Å²) in [6.45, 7) is 1.80. The van der Waals surface area contributed by atoms with Crippen molar-refractivity contribution in [2.45, 2.75) is 19.4 Å². The molecule has 0 saturated heterocycles. The number of likely N-dealkylation sites (N-methyl/N-ethyl adjacent to an activating group) is 1. The maximum absolute atomic E-state index is 11.9. The van der Waals surface area contributed by atoms with Crippen LogP contribution < -0.4 is 10.1 Å². The smallest absolute Gasteiger partial charge is 0.242 e. The van der Waals surface area contributed by atoms with Crippen molar-refractivity contribution in [1.29, 1.82) is 0 Å². The molecule has 0 aliphatic heterocycles. The van der Waals surface area contributed by atoms with Gasteiger partial charge >= 0.3 is 0 Å². The van der Waals surface area contributed by atoms with Gasteiger partial charge in [0.15, 0.2) is 5.65 Å². The number of carbonyl (C=O) groups is 1. The third-order valence-electron chi connectivity index (χ3n) is 3.13. The number of fused-ring (bicyclic) bond motifs is 1. The molecule has 1 N–H and O–H groups in total. The maximum atomic E-state index is 11.9. The number of hydrogen-bond donors (Lipinski definition) is 1. The van der Waals surface area contributed by atoms with Crippen LogP contribution in [0.5, 0.6) is 5.88 Å². The Kier molecular flexibility index (Phi) is 4.44. The van der Waals surface area contributed by atoms with Crippen LogP contribution in [0.1, 0.15) is 18.8 Å². The lowest BCUT2D eigenvalue weighted by molar-refractivity contribution is -0.123. The summed E-state index contributed by atoms with van der Waals surface area (Å²) >= 11 is 5.81. The van der Waals surface area contributed by atoms with Gasteiger partial charge in [0.2, 0.25) is 11.8 Å². The number of methoxy groups -OCH3 is 1. The second kappa shape index (κ2) is 6.09. The maximum Gasteiger partial charge on any atom is 0.242 e. The molecule has 2 heterocycles. The number of aryl methyl sites for hydroxylation is 1. The molecule has 1 unspecified atom stereocenters. The first-order valence-corrected chi connectivity index (χ1v) is 6.85. The van der Waals surface area contributed by atoms with Crippen molar-refractivity contribution in [1.82, 2.24) is 19.9 Å². The van der Waals surface area contributed by atoms with E-state index in [9.17, 15) is 4.79 Å². The van der Waals surface area contributed by atoms with E-state index in [0.29, 0.717) is 23.8 Å². The van der Waals surface area contributed by atoms with E-state index in [1.807, 2.05) is 6.07 Å². The molecular weight excluding hydrogens is 280 g/mol. The van der Waals surface area contributed by atoms with Gasteiger partial charge in [-0.3, -0.25) is 4.79 Å². The van der Waals surface area contributed by atoms with E-state index in [1.54, 1.807) is 31.7 Å². The van der Waals surface area contributed by atoms with Crippen molar-refractivity contribution >= 4 is 28.7 Å². The molecule has 2 rings (SSSR count). The molecule has 108 valence electrons. The lowest BCUT2D eigenvalue weighted by Crippen LogP contribution is -2.29. The summed E-state index contributed by atoms with van der Waals surface area (Å²) in [7, 11) is 3.16. The molecule has 1 atom stereocenters. The molecule has 0 bridgehead atoms. The molecule has 0 fully saturated rings. The Morgan fingerprint density at radius 2 is 2.25 bits per heavy atom. The van der Waals surface area contributed by atoms with Gasteiger partial charge in [0.05, 0.1) is 7.11 Å². The summed E-state index contributed by atoms with van der Waals surface area (Å²) < 4.78 is 6.94. The Bertz CT molecular complexity index is 626. The number of nitrogens with zero attached hydrogens (tertiary/aromatic N) is 3. The molecule has 0 aromatic carbocycles. The van der Waals surface area contributed by atoms with Crippen molar-refractivity contribution in [3.8, 4) is 5.88 Å². The first-order chi connectivity index (χ1) is 9.62. The number of amides is 1. The molecule has 0 radical (unpaired) electrons. The van der Waals surface area contributed by atoms with Crippen LogP contribution in [0.2, 0.25) is 0 Å². The van der Waals surface area contributed by atoms with E-state index in [4.69, 9.17) is 16.3 Å². The van der Waals surface area contributed by atoms with Gasteiger partial charge in [-0.25, -0.2) is 4.98 Å². The summed E-state index contributed by atoms with van der Waals surface area (Å²) in [4.78, 5) is 20.8. The Balaban J connectivity index is 2.62. The zero-order chi connectivity index (χ0) is 14.7. The fourth-order valence-electron chi connectivity index (χ4n) is 2.11. The largest absolute Gasteiger partial charge is 0.481 e. The van der Waals surface area contributed by atoms with Crippen LogP contribution >= 0.6 is 11.6 Å². The molecule has 6 nitrogen and oxygen atoms in total. The highest BCUT2D eigenvalue weighted by Gasteiger charge is 2.21. The van der Waals surface area contributed by atoms with Crippen LogP contribution in [-0.2, 0) is 11.2 Å². The van der Waals surface area contributed by atoms with E-state index in [2.05, 4.69) is 15.3 Å². The number of carbonyl (C=O) groups excluding carboxylic acids is 1. The molecule has 0 spiro atoms. The molecule has 0 aliphatic carbocycles. The summed E-state index contributed by atoms with van der Waals surface area (Å²) in [5.41, 5.74) is 1.35. The molecule has 2 aromatic rings. The minimum atomic E-state index is -0.414. The highest BCUT2D eigenvalue weighted by atomic mass is 35.5. The highest BCUT2D eigenvalue weighted by Crippen LogP contribution is 2.23. The number of rotatable bonds is 5. The molecular formula is C13H17ClN4O2. The molecule has 20 heavy (non-hydrogen) atoms. The minimum absolute atomic E-state index is 0.107. The second-order valence-electron chi connectivity index (χ2n) is 4.32. The van der Waals surface area contributed by atoms with Gasteiger partial charge in [0, 0.05) is 25.4 Å². The first-order valence-electron chi connectivity index (χ1n) is 6.31. The van der Waals surface area contributed by atoms with Crippen molar-refractivity contribution in [3.05, 3.63) is 18.0 Å². The third kappa shape index (κ3) is 2.56. The fraction of sp³-hybridized carbons (Fsp3) is 0.462. The van der Waals surface area contributed by atoms with Gasteiger partial charge in [-0.2, -0.15) is 4.98 Å². The topological polar surface area (TPSA) is 69.0 Å². The number of imidazole rings is 1. The van der Waals surface area contributed by atoms with Crippen molar-refractivity contribution < 1.29 is 9.53 Å². The number of hydrogen-bond acceptors (Lipinski definition) is 4. The number of pyridine rings is 1. The lowest BCUT2D eigenvalue weighted by atomic mass is 10.3. The average molecular weight is 297 g/mol. The average Bonchev–Trinajstić information content (AvgIpc) is 2.82. The van der Waals surface area contributed by atoms with Crippen LogP contribution in [0.3, 0.4) is 0 Å². The Hall–Kier alpha value is -1.82. The predicted octanol–water partition coefficient (Wildman–Crippen LogP) is 1.53. The van der Waals surface area contributed by atoms with Crippen LogP contribution in [0, 0.1) is 0 Å². The normalized spacial score (nSPS) is 12.4. The SMILES string of the molecule is CNC(=O)C(C)n1c(CCCl)nc2ccc(OC)nc21. The standard InChI is InChI=1S/C13H17ClN4O2/c1-8(13(19)15-2)18-10(6-7-14)16-9-4-5-11(20-3)17-12(9)18/h4-5,8H,6-7H2,1-3H3,(H,15,19). The zero-order valence-corrected chi connectivity index (χ0v) is 12.4. The Labute approximate surface area is 122 Å². The molecule has 0 aliphatic rings. The Morgan fingerprint density at radius 1 is 1.50 bits per heavy atom. The van der Waals surface area contributed by atoms with Gasteiger partial charge in [0.25, 0.3) is 0 Å². The van der Waals surface area contributed by atoms with Crippen LogP contribution in [0.4, 0.5) is 0 Å². The fourth-order valence-corrected chi connectivity index (χ4v) is 2.28. The molecule has 7 heteroatoms. The molecule has 1 amide bonds. The zero-order valence-electron chi connectivity index (χ0n) is 11.7. The van der Waals surface area contributed by atoms with E-state index in [-0.39, 0.29) is 5.91 Å². The van der Waals surface area contributed by atoms with Crippen LogP contribution in [0.25, 0.3) is 11.2 Å². The van der Waals surface area contributed by atoms with Gasteiger partial charge in [-0.1, -0.05) is 0 Å². The summed E-state index contributed by atoms with van der Waals surface area (Å²) in [6.07, 6.45) is 0.571. The van der Waals surface area contributed by atoms with Gasteiger partial charge in [-0.05, 0) is 13.0 Å². The Morgan fingerprint density at radius 3 is 2.85 bits per heavy atom. The van der Waals surface area contributed by atoms with Crippen molar-refractivity contribution in [2.75, 3.05) is 20.0 Å². The highest BCUT2D eigenvalue weighted by molar-refractivity contribution is 6.17. The molecule has 2 aromatic heterocycles. The predicted molar refractivity (Wildman–Crippen MR) is 77.3 cm³/mol. The number of aromatic nitrogens is 3. The number of ether oxygens (including phenoxy) is 1. The number of nitrogens with one attached hydrogen (secondary N) is 1. The van der Waals surface area contributed by atoms with Crippen molar-refractivity contribution in [3.63, 3.8) is 0 Å². The van der Waals surface area contributed by atoms with Gasteiger partial charge < -0.3 is 14.6 Å². The number of alkyl halides is 1. The quantitative estimate of drug-likeness (QED) is 0.850. The monoisotopic (exact) mass is 296 g/mol. The second-order valence-corrected chi connectivity index (χ2v) is 4.70. The van der Waals surface area contributed by atoms with Crippen LogP contribution in [0.15, 0.2) is 12.1 Å². The van der Waals surface area contributed by atoms with E-state index >= 15 is 0 Å². The third-order valence-corrected chi connectivity index (χ3v) is 3.31. The number of halogens is 1. The van der Waals surface area contributed by atoms with E-state index in [1.165, 1.54) is 0 Å². The molecule has 0 saturated carbocycles.